The van der Waals surface area contributed by atoms with Crippen LogP contribution in [0.4, 0.5) is 10.1 Å². The summed E-state index contributed by atoms with van der Waals surface area (Å²) in [4.78, 5) is 26.8. The number of carbonyl (C=O) groups excluding carboxylic acids is 2. The van der Waals surface area contributed by atoms with Gasteiger partial charge in [-0.15, -0.1) is 0 Å². The highest BCUT2D eigenvalue weighted by atomic mass is 32.2. The Labute approximate surface area is 172 Å². The van der Waals surface area contributed by atoms with Crippen LogP contribution in [-0.2, 0) is 16.0 Å². The van der Waals surface area contributed by atoms with Crippen LogP contribution >= 0.6 is 11.8 Å². The number of nitrogens with zero attached hydrogens (tertiary/aromatic N) is 2. The molecule has 1 heterocycles. The third kappa shape index (κ3) is 4.25. The fraction of sp³-hybridized carbons (Fsp3) is 0.190. The zero-order valence-electron chi connectivity index (χ0n) is 15.8. The SMILES string of the molecule is CNC(=O)/C(C#N)=C1\SC(Cc2ccc(F)cc2)C(=O)N1c1cccc(OC)c1. The summed E-state index contributed by atoms with van der Waals surface area (Å²) < 4.78 is 18.4. The van der Waals surface area contributed by atoms with Gasteiger partial charge in [-0.3, -0.25) is 14.5 Å². The number of likely N-dealkylation sites (N-methyl/N-ethyl adjacent to an activating group) is 1. The number of halogens is 1. The lowest BCUT2D eigenvalue weighted by atomic mass is 10.1. The first-order chi connectivity index (χ1) is 14.0. The molecule has 1 N–H and O–H groups in total. The lowest BCUT2D eigenvalue weighted by Crippen LogP contribution is -2.31. The Bertz CT molecular complexity index is 1010. The molecule has 0 spiro atoms. The van der Waals surface area contributed by atoms with Crippen LogP contribution < -0.4 is 15.0 Å². The number of rotatable bonds is 5. The fourth-order valence-electron chi connectivity index (χ4n) is 2.93. The molecule has 3 rings (SSSR count). The van der Waals surface area contributed by atoms with E-state index in [1.54, 1.807) is 36.4 Å². The summed E-state index contributed by atoms with van der Waals surface area (Å²) in [5.74, 6) is -0.651. The highest BCUT2D eigenvalue weighted by Gasteiger charge is 2.40. The molecule has 0 aliphatic carbocycles. The second-order valence-electron chi connectivity index (χ2n) is 6.18. The maximum Gasteiger partial charge on any atom is 0.264 e. The lowest BCUT2D eigenvalue weighted by molar-refractivity contribution is -0.117. The Morgan fingerprint density at radius 2 is 2.03 bits per heavy atom. The van der Waals surface area contributed by atoms with Crippen molar-refractivity contribution < 1.29 is 18.7 Å². The Kier molecular flexibility index (Phi) is 6.20. The quantitative estimate of drug-likeness (QED) is 0.604. The highest BCUT2D eigenvalue weighted by Crippen LogP contribution is 2.42. The molecule has 8 heteroatoms. The van der Waals surface area contributed by atoms with Gasteiger partial charge in [-0.2, -0.15) is 5.26 Å². The van der Waals surface area contributed by atoms with Crippen molar-refractivity contribution in [1.82, 2.24) is 5.32 Å². The topological polar surface area (TPSA) is 82.4 Å². The van der Waals surface area contributed by atoms with E-state index in [1.165, 1.54) is 31.2 Å². The second kappa shape index (κ2) is 8.80. The zero-order chi connectivity index (χ0) is 21.0. The molecule has 1 atom stereocenters. The van der Waals surface area contributed by atoms with Crippen molar-refractivity contribution in [3.63, 3.8) is 0 Å². The van der Waals surface area contributed by atoms with Gasteiger partial charge in [0.15, 0.2) is 0 Å². The van der Waals surface area contributed by atoms with E-state index in [0.717, 1.165) is 17.3 Å². The molecule has 1 aliphatic heterocycles. The van der Waals surface area contributed by atoms with Crippen molar-refractivity contribution in [3.05, 3.63) is 70.5 Å². The van der Waals surface area contributed by atoms with E-state index < -0.39 is 11.2 Å². The molecular formula is C21H18FN3O3S. The Hall–Kier alpha value is -3.31. The Morgan fingerprint density at radius 3 is 2.66 bits per heavy atom. The number of benzene rings is 2. The number of hydrogen-bond acceptors (Lipinski definition) is 5. The van der Waals surface area contributed by atoms with Crippen LogP contribution in [0.3, 0.4) is 0 Å². The minimum atomic E-state index is -0.571. The minimum absolute atomic E-state index is 0.143. The average molecular weight is 411 g/mol. The molecule has 1 aliphatic rings. The van der Waals surface area contributed by atoms with E-state index >= 15 is 0 Å². The van der Waals surface area contributed by atoms with E-state index in [9.17, 15) is 19.2 Å². The summed E-state index contributed by atoms with van der Waals surface area (Å²) in [6.07, 6.45) is 0.334. The number of nitrogens with one attached hydrogen (secondary N) is 1. The molecule has 1 unspecified atom stereocenters. The highest BCUT2D eigenvalue weighted by molar-refractivity contribution is 8.05. The number of thioether (sulfide) groups is 1. The molecule has 2 aromatic carbocycles. The van der Waals surface area contributed by atoms with Crippen molar-refractivity contribution in [2.24, 2.45) is 0 Å². The van der Waals surface area contributed by atoms with Gasteiger partial charge in [0.1, 0.15) is 28.2 Å². The maximum absolute atomic E-state index is 13.2. The van der Waals surface area contributed by atoms with Crippen LogP contribution in [0.15, 0.2) is 59.1 Å². The summed E-state index contributed by atoms with van der Waals surface area (Å²) in [6, 6.07) is 14.6. The molecule has 148 valence electrons. The molecule has 29 heavy (non-hydrogen) atoms. The molecule has 1 saturated heterocycles. The molecule has 2 amide bonds. The average Bonchev–Trinajstić information content (AvgIpc) is 3.05. The first-order valence-corrected chi connectivity index (χ1v) is 9.62. The van der Waals surface area contributed by atoms with Gasteiger partial charge in [0.2, 0.25) is 5.91 Å². The summed E-state index contributed by atoms with van der Waals surface area (Å²) >= 11 is 1.15. The first-order valence-electron chi connectivity index (χ1n) is 8.74. The smallest absolute Gasteiger partial charge is 0.264 e. The number of methoxy groups -OCH3 is 1. The normalized spacial score (nSPS) is 17.7. The first kappa shape index (κ1) is 20.4. The number of anilines is 1. The number of nitriles is 1. The number of amides is 2. The maximum atomic E-state index is 13.2. The largest absolute Gasteiger partial charge is 0.497 e. The molecule has 0 bridgehead atoms. The van der Waals surface area contributed by atoms with Crippen LogP contribution in [0, 0.1) is 17.1 Å². The van der Waals surface area contributed by atoms with E-state index in [4.69, 9.17) is 4.74 Å². The third-order valence-corrected chi connectivity index (χ3v) is 5.64. The van der Waals surface area contributed by atoms with Gasteiger partial charge >= 0.3 is 0 Å². The van der Waals surface area contributed by atoms with Crippen molar-refractivity contribution in [2.75, 3.05) is 19.1 Å². The second-order valence-corrected chi connectivity index (χ2v) is 7.37. The van der Waals surface area contributed by atoms with Gasteiger partial charge in [0.25, 0.3) is 5.91 Å². The van der Waals surface area contributed by atoms with E-state index in [2.05, 4.69) is 5.32 Å². The predicted octanol–water partition coefficient (Wildman–Crippen LogP) is 3.01. The summed E-state index contributed by atoms with van der Waals surface area (Å²) in [5, 5.41) is 11.7. The van der Waals surface area contributed by atoms with Gasteiger partial charge in [-0.1, -0.05) is 30.0 Å². The lowest BCUT2D eigenvalue weighted by Gasteiger charge is -2.19. The fourth-order valence-corrected chi connectivity index (χ4v) is 4.24. The summed E-state index contributed by atoms with van der Waals surface area (Å²) in [7, 11) is 2.94. The standard InChI is InChI=1S/C21H18FN3O3S/c1-24-19(26)17(12-23)21-25(15-4-3-5-16(11-15)28-2)20(27)18(29-21)10-13-6-8-14(22)9-7-13/h3-9,11,18H,10H2,1-2H3,(H,24,26)/b21-17-. The van der Waals surface area contributed by atoms with E-state index in [1.807, 2.05) is 6.07 Å². The third-order valence-electron chi connectivity index (χ3n) is 4.38. The molecular weight excluding hydrogens is 393 g/mol. The zero-order valence-corrected chi connectivity index (χ0v) is 16.6. The minimum Gasteiger partial charge on any atom is -0.497 e. The van der Waals surface area contributed by atoms with Gasteiger partial charge < -0.3 is 10.1 Å². The van der Waals surface area contributed by atoms with Crippen LogP contribution in [0.25, 0.3) is 0 Å². The number of hydrogen-bond donors (Lipinski definition) is 1. The Balaban J connectivity index is 2.05. The molecule has 0 saturated carbocycles. The summed E-state index contributed by atoms with van der Waals surface area (Å²) in [5.41, 5.74) is 1.13. The molecule has 1 fully saturated rings. The van der Waals surface area contributed by atoms with E-state index in [0.29, 0.717) is 17.9 Å². The summed E-state index contributed by atoms with van der Waals surface area (Å²) in [6.45, 7) is 0. The Morgan fingerprint density at radius 1 is 1.31 bits per heavy atom. The molecule has 0 aromatic heterocycles. The van der Waals surface area contributed by atoms with Gasteiger partial charge in [0, 0.05) is 13.1 Å². The van der Waals surface area contributed by atoms with Crippen molar-refractivity contribution in [1.29, 1.82) is 5.26 Å². The molecule has 6 nitrogen and oxygen atoms in total. The van der Waals surface area contributed by atoms with Crippen molar-refractivity contribution in [3.8, 4) is 11.8 Å². The number of ether oxygens (including phenoxy) is 1. The van der Waals surface area contributed by atoms with Gasteiger partial charge in [-0.25, -0.2) is 4.39 Å². The van der Waals surface area contributed by atoms with Crippen molar-refractivity contribution in [2.45, 2.75) is 11.7 Å². The van der Waals surface area contributed by atoms with Crippen LogP contribution in [0.1, 0.15) is 5.56 Å². The van der Waals surface area contributed by atoms with Crippen molar-refractivity contribution >= 4 is 29.3 Å². The number of carbonyl (C=O) groups is 2. The van der Waals surface area contributed by atoms with Crippen LogP contribution in [-0.4, -0.2) is 31.2 Å². The van der Waals surface area contributed by atoms with Gasteiger partial charge in [-0.05, 0) is 36.2 Å². The van der Waals surface area contributed by atoms with Crippen LogP contribution in [0.2, 0.25) is 0 Å². The van der Waals surface area contributed by atoms with Crippen LogP contribution in [0.5, 0.6) is 5.75 Å². The molecule has 2 aromatic rings. The van der Waals surface area contributed by atoms with Gasteiger partial charge in [0.05, 0.1) is 18.0 Å². The predicted molar refractivity (Wildman–Crippen MR) is 109 cm³/mol. The van der Waals surface area contributed by atoms with E-state index in [-0.39, 0.29) is 22.3 Å². The molecule has 0 radical (unpaired) electrons. The monoisotopic (exact) mass is 411 g/mol.